The highest BCUT2D eigenvalue weighted by atomic mass is 127. The summed E-state index contributed by atoms with van der Waals surface area (Å²) in [6.45, 7) is -0.561. The molecule has 0 aromatic heterocycles. The Morgan fingerprint density at radius 2 is 2.05 bits per heavy atom. The van der Waals surface area contributed by atoms with Crippen LogP contribution in [0.4, 0.5) is 13.2 Å². The van der Waals surface area contributed by atoms with Crippen molar-refractivity contribution in [1.82, 2.24) is 0 Å². The number of hydrogen-bond donors (Lipinski definition) is 1. The summed E-state index contributed by atoms with van der Waals surface area (Å²) in [5.74, 6) is -0.969. The molecule has 0 amide bonds. The molecule has 0 saturated heterocycles. The summed E-state index contributed by atoms with van der Waals surface area (Å²) in [5, 5.41) is 14.6. The number of ether oxygens (including phenoxy) is 1. The minimum absolute atomic E-state index is 0.118. The van der Waals surface area contributed by atoms with E-state index in [1.165, 1.54) is 18.2 Å². The fraction of sp³-hybridized carbons (Fsp3) is 0.300. The van der Waals surface area contributed by atoms with Crippen LogP contribution in [0.15, 0.2) is 28.4 Å². The van der Waals surface area contributed by atoms with Crippen LogP contribution in [0.2, 0.25) is 0 Å². The highest BCUT2D eigenvalue weighted by molar-refractivity contribution is 14.1. The van der Waals surface area contributed by atoms with Gasteiger partial charge in [0.1, 0.15) is 5.75 Å². The van der Waals surface area contributed by atoms with Gasteiger partial charge in [-0.25, -0.2) is 4.79 Å². The normalized spacial score (nSPS) is 16.2. The van der Waals surface area contributed by atoms with Gasteiger partial charge in [0.2, 0.25) is 0 Å². The van der Waals surface area contributed by atoms with Crippen LogP contribution >= 0.6 is 22.6 Å². The van der Waals surface area contributed by atoms with E-state index in [-0.39, 0.29) is 11.3 Å². The molecule has 19 heavy (non-hydrogen) atoms. The predicted octanol–water partition coefficient (Wildman–Crippen LogP) is 2.94. The van der Waals surface area contributed by atoms with Crippen molar-refractivity contribution in [2.75, 3.05) is 6.61 Å². The van der Waals surface area contributed by atoms with E-state index in [2.05, 4.69) is 10.2 Å². The molecule has 0 radical (unpaired) electrons. The van der Waals surface area contributed by atoms with Gasteiger partial charge < -0.3 is 9.84 Å². The van der Waals surface area contributed by atoms with Crippen molar-refractivity contribution in [3.05, 3.63) is 27.3 Å². The first-order valence-corrected chi connectivity index (χ1v) is 5.99. The van der Waals surface area contributed by atoms with E-state index in [4.69, 9.17) is 9.84 Å². The summed E-state index contributed by atoms with van der Waals surface area (Å²) in [7, 11) is 0. The van der Waals surface area contributed by atoms with Crippen molar-refractivity contribution in [2.45, 2.75) is 11.8 Å². The molecule has 0 saturated carbocycles. The lowest BCUT2D eigenvalue weighted by atomic mass is 10.0. The van der Waals surface area contributed by atoms with E-state index in [1.54, 1.807) is 22.6 Å². The zero-order chi connectivity index (χ0) is 14.3. The van der Waals surface area contributed by atoms with Gasteiger partial charge in [0.15, 0.2) is 6.61 Å². The number of rotatable bonds is 4. The van der Waals surface area contributed by atoms with Crippen molar-refractivity contribution in [2.24, 2.45) is 10.2 Å². The number of aliphatic carboxylic acids is 1. The highest BCUT2D eigenvalue weighted by Gasteiger charge is 2.65. The van der Waals surface area contributed by atoms with Gasteiger partial charge in [-0.1, -0.05) is 6.07 Å². The fourth-order valence-electron chi connectivity index (χ4n) is 1.42. The van der Waals surface area contributed by atoms with Crippen molar-refractivity contribution < 1.29 is 27.8 Å². The third kappa shape index (κ3) is 2.65. The van der Waals surface area contributed by atoms with E-state index in [9.17, 15) is 18.0 Å². The molecule has 1 aliphatic heterocycles. The number of alkyl halides is 3. The summed E-state index contributed by atoms with van der Waals surface area (Å²) < 4.78 is 43.6. The molecule has 9 heteroatoms. The second-order valence-corrected chi connectivity index (χ2v) is 4.86. The van der Waals surface area contributed by atoms with E-state index >= 15 is 0 Å². The number of hydrogen-bond acceptors (Lipinski definition) is 4. The maximum absolute atomic E-state index is 12.8. The molecule has 0 unspecified atom stereocenters. The Balaban J connectivity index is 2.23. The van der Waals surface area contributed by atoms with Gasteiger partial charge in [-0.3, -0.25) is 0 Å². The SMILES string of the molecule is O=C(O)COc1ccc(C2(C(F)(F)F)N=N2)cc1I. The first-order chi connectivity index (χ1) is 8.76. The molecule has 102 valence electrons. The maximum Gasteiger partial charge on any atom is 0.442 e. The maximum atomic E-state index is 12.8. The molecular formula is C10H6F3IN2O3. The minimum Gasteiger partial charge on any atom is -0.481 e. The van der Waals surface area contributed by atoms with Crippen molar-refractivity contribution in [3.8, 4) is 5.75 Å². The number of benzene rings is 1. The van der Waals surface area contributed by atoms with Gasteiger partial charge in [-0.15, -0.1) is 10.2 Å². The molecule has 0 spiro atoms. The third-order valence-electron chi connectivity index (χ3n) is 2.38. The molecule has 1 aromatic carbocycles. The Bertz CT molecular complexity index is 553. The largest absolute Gasteiger partial charge is 0.481 e. The van der Waals surface area contributed by atoms with Crippen LogP contribution in [-0.2, 0) is 10.5 Å². The second kappa shape index (κ2) is 4.62. The summed E-state index contributed by atoms with van der Waals surface area (Å²) in [6, 6.07) is 3.68. The second-order valence-electron chi connectivity index (χ2n) is 3.70. The van der Waals surface area contributed by atoms with Crippen LogP contribution in [0.1, 0.15) is 5.56 Å². The van der Waals surface area contributed by atoms with Crippen LogP contribution in [-0.4, -0.2) is 23.9 Å². The number of nitrogens with zero attached hydrogens (tertiary/aromatic N) is 2. The molecule has 0 bridgehead atoms. The van der Waals surface area contributed by atoms with Gasteiger partial charge in [-0.2, -0.15) is 13.2 Å². The average molecular weight is 386 g/mol. The van der Waals surface area contributed by atoms with Crippen LogP contribution < -0.4 is 4.74 Å². The highest BCUT2D eigenvalue weighted by Crippen LogP contribution is 2.52. The lowest BCUT2D eigenvalue weighted by Crippen LogP contribution is -2.30. The quantitative estimate of drug-likeness (QED) is 0.810. The molecule has 1 aromatic rings. The van der Waals surface area contributed by atoms with Gasteiger partial charge in [0.05, 0.1) is 3.57 Å². The molecule has 1 N–H and O–H groups in total. The zero-order valence-corrected chi connectivity index (χ0v) is 11.3. The monoisotopic (exact) mass is 386 g/mol. The Kier molecular flexibility index (Phi) is 3.41. The minimum atomic E-state index is -4.58. The average Bonchev–Trinajstić information content (AvgIpc) is 3.07. The Morgan fingerprint density at radius 3 is 2.47 bits per heavy atom. The lowest BCUT2D eigenvalue weighted by molar-refractivity contribution is -0.166. The third-order valence-corrected chi connectivity index (χ3v) is 3.22. The van der Waals surface area contributed by atoms with Gasteiger partial charge >= 0.3 is 17.8 Å². The van der Waals surface area contributed by atoms with Crippen LogP contribution in [0.25, 0.3) is 0 Å². The van der Waals surface area contributed by atoms with E-state index < -0.39 is 24.4 Å². The van der Waals surface area contributed by atoms with E-state index in [1.807, 2.05) is 0 Å². The summed E-state index contributed by atoms with van der Waals surface area (Å²) in [6.07, 6.45) is -4.58. The standard InChI is InChI=1S/C10H6F3IN2O3/c11-10(12,13)9(15-16-9)5-1-2-7(6(14)3-5)19-4-8(17)18/h1-3H,4H2,(H,17,18). The predicted molar refractivity (Wildman–Crippen MR) is 64.9 cm³/mol. The molecular weight excluding hydrogens is 380 g/mol. The smallest absolute Gasteiger partial charge is 0.442 e. The number of carbonyl (C=O) groups is 1. The van der Waals surface area contributed by atoms with Crippen LogP contribution in [0.3, 0.4) is 0 Å². The first-order valence-electron chi connectivity index (χ1n) is 4.92. The van der Waals surface area contributed by atoms with Crippen molar-refractivity contribution in [3.63, 3.8) is 0 Å². The van der Waals surface area contributed by atoms with Crippen LogP contribution in [0, 0.1) is 3.57 Å². The fourth-order valence-corrected chi connectivity index (χ4v) is 2.09. The number of halogens is 4. The van der Waals surface area contributed by atoms with E-state index in [0.717, 1.165) is 0 Å². The Labute approximate surface area is 118 Å². The lowest BCUT2D eigenvalue weighted by Gasteiger charge is -2.16. The van der Waals surface area contributed by atoms with Gasteiger partial charge in [-0.05, 0) is 34.7 Å². The van der Waals surface area contributed by atoms with E-state index in [0.29, 0.717) is 3.57 Å². The Hall–Kier alpha value is -1.39. The molecule has 1 aliphatic rings. The number of carboxylic acid groups (broad SMARTS) is 1. The summed E-state index contributed by atoms with van der Waals surface area (Å²) in [5.41, 5.74) is -2.59. The molecule has 2 rings (SSSR count). The van der Waals surface area contributed by atoms with Gasteiger partial charge in [0.25, 0.3) is 0 Å². The molecule has 5 nitrogen and oxygen atoms in total. The van der Waals surface area contributed by atoms with Crippen molar-refractivity contribution >= 4 is 28.6 Å². The number of carboxylic acids is 1. The van der Waals surface area contributed by atoms with Crippen molar-refractivity contribution in [1.29, 1.82) is 0 Å². The molecule has 1 heterocycles. The molecule has 0 atom stereocenters. The molecule has 0 aliphatic carbocycles. The zero-order valence-electron chi connectivity index (χ0n) is 9.11. The summed E-state index contributed by atoms with van der Waals surface area (Å²) >= 11 is 1.76. The van der Waals surface area contributed by atoms with Crippen LogP contribution in [0.5, 0.6) is 5.75 Å². The first kappa shape index (κ1) is 14.0. The topological polar surface area (TPSA) is 71.2 Å². The molecule has 0 fully saturated rings. The van der Waals surface area contributed by atoms with Gasteiger partial charge in [0, 0.05) is 5.56 Å². The summed E-state index contributed by atoms with van der Waals surface area (Å²) in [4.78, 5) is 10.3. The Morgan fingerprint density at radius 1 is 1.42 bits per heavy atom.